The summed E-state index contributed by atoms with van der Waals surface area (Å²) in [6.45, 7) is 6.27. The lowest BCUT2D eigenvalue weighted by Gasteiger charge is -1.95. The number of carbonyl (C=O) groups excluding carboxylic acids is 4. The molecule has 0 aromatic carbocycles. The molecule has 0 aliphatic heterocycles. The predicted molar refractivity (Wildman–Crippen MR) is 55.8 cm³/mol. The SMILES string of the molecule is C=CC(=O)NC(=O)C=CC(=O)NC(=O)C=C. The number of carbonyl (C=O) groups is 4. The van der Waals surface area contributed by atoms with Crippen LogP contribution < -0.4 is 10.6 Å². The summed E-state index contributed by atoms with van der Waals surface area (Å²) >= 11 is 0. The lowest BCUT2D eigenvalue weighted by Crippen LogP contribution is -2.29. The van der Waals surface area contributed by atoms with Crippen molar-refractivity contribution in [1.82, 2.24) is 10.6 Å². The molecule has 0 atom stereocenters. The van der Waals surface area contributed by atoms with E-state index in [-0.39, 0.29) is 0 Å². The maximum absolute atomic E-state index is 10.9. The van der Waals surface area contributed by atoms with Gasteiger partial charge in [-0.05, 0) is 12.2 Å². The fraction of sp³-hybridized carbons (Fsp3) is 0. The first-order valence-electron chi connectivity index (χ1n) is 4.12. The fourth-order valence-electron chi connectivity index (χ4n) is 0.580. The Morgan fingerprint density at radius 1 is 0.688 bits per heavy atom. The molecule has 16 heavy (non-hydrogen) atoms. The minimum atomic E-state index is -0.786. The lowest BCUT2D eigenvalue weighted by atomic mass is 10.4. The molecule has 0 aromatic rings. The van der Waals surface area contributed by atoms with Crippen molar-refractivity contribution < 1.29 is 19.2 Å². The molecule has 0 heterocycles. The first-order valence-corrected chi connectivity index (χ1v) is 4.12. The molecule has 0 aliphatic rings. The molecule has 2 N–H and O–H groups in total. The van der Waals surface area contributed by atoms with Crippen molar-refractivity contribution in [2.45, 2.75) is 0 Å². The Labute approximate surface area is 91.7 Å². The van der Waals surface area contributed by atoms with Crippen LogP contribution in [0.1, 0.15) is 0 Å². The monoisotopic (exact) mass is 222 g/mol. The molecule has 0 spiro atoms. The van der Waals surface area contributed by atoms with Crippen LogP contribution in [-0.4, -0.2) is 23.6 Å². The summed E-state index contributed by atoms with van der Waals surface area (Å²) in [6.07, 6.45) is 3.44. The molecule has 0 saturated carbocycles. The first kappa shape index (κ1) is 13.5. The van der Waals surface area contributed by atoms with Crippen molar-refractivity contribution in [3.63, 3.8) is 0 Å². The van der Waals surface area contributed by atoms with Crippen molar-refractivity contribution in [2.24, 2.45) is 0 Å². The van der Waals surface area contributed by atoms with Crippen LogP contribution >= 0.6 is 0 Å². The normalized spacial score (nSPS) is 9.25. The Balaban J connectivity index is 4.17. The molecular formula is C10H10N2O4. The third-order valence-corrected chi connectivity index (χ3v) is 1.25. The van der Waals surface area contributed by atoms with Crippen LogP contribution in [0.5, 0.6) is 0 Å². The number of nitrogens with one attached hydrogen (secondary N) is 2. The second-order valence-corrected chi connectivity index (χ2v) is 2.45. The molecule has 0 aliphatic carbocycles. The van der Waals surface area contributed by atoms with E-state index in [4.69, 9.17) is 0 Å². The standard InChI is InChI=1S/C10H10N2O4/c1-3-7(13)11-9(15)5-6-10(16)12-8(14)4-2/h3-6H,1-2H2,(H,11,13,15)(H,12,14,16). The number of hydrogen-bond acceptors (Lipinski definition) is 4. The minimum Gasteiger partial charge on any atom is -0.289 e. The van der Waals surface area contributed by atoms with Gasteiger partial charge < -0.3 is 0 Å². The van der Waals surface area contributed by atoms with E-state index in [2.05, 4.69) is 13.2 Å². The summed E-state index contributed by atoms with van der Waals surface area (Å²) in [4.78, 5) is 43.1. The predicted octanol–water partition coefficient (Wildman–Crippen LogP) is -0.800. The van der Waals surface area contributed by atoms with Crippen LogP contribution in [0.15, 0.2) is 37.5 Å². The summed E-state index contributed by atoms with van der Waals surface area (Å²) in [7, 11) is 0. The zero-order chi connectivity index (χ0) is 12.6. The van der Waals surface area contributed by atoms with Gasteiger partial charge in [-0.3, -0.25) is 29.8 Å². The van der Waals surface area contributed by atoms with Crippen molar-refractivity contribution in [3.05, 3.63) is 37.5 Å². The van der Waals surface area contributed by atoms with E-state index in [9.17, 15) is 19.2 Å². The summed E-state index contributed by atoms with van der Waals surface area (Å²) in [6, 6.07) is 0. The highest BCUT2D eigenvalue weighted by atomic mass is 16.2. The van der Waals surface area contributed by atoms with Gasteiger partial charge in [-0.2, -0.15) is 0 Å². The van der Waals surface area contributed by atoms with Crippen molar-refractivity contribution in [3.8, 4) is 0 Å². The molecule has 0 fully saturated rings. The molecule has 0 bridgehead atoms. The summed E-state index contributed by atoms with van der Waals surface area (Å²) < 4.78 is 0. The smallest absolute Gasteiger partial charge is 0.250 e. The van der Waals surface area contributed by atoms with Crippen molar-refractivity contribution in [1.29, 1.82) is 0 Å². The van der Waals surface area contributed by atoms with Gasteiger partial charge in [-0.1, -0.05) is 13.2 Å². The van der Waals surface area contributed by atoms with Crippen LogP contribution in [0.4, 0.5) is 0 Å². The van der Waals surface area contributed by atoms with Gasteiger partial charge in [0.15, 0.2) is 0 Å². The van der Waals surface area contributed by atoms with Gasteiger partial charge in [0.1, 0.15) is 0 Å². The van der Waals surface area contributed by atoms with Crippen LogP contribution in [0, 0.1) is 0 Å². The highest BCUT2D eigenvalue weighted by Crippen LogP contribution is 1.77. The second-order valence-electron chi connectivity index (χ2n) is 2.45. The molecular weight excluding hydrogens is 212 g/mol. The van der Waals surface area contributed by atoms with E-state index < -0.39 is 23.6 Å². The lowest BCUT2D eigenvalue weighted by molar-refractivity contribution is -0.127. The van der Waals surface area contributed by atoms with Gasteiger partial charge in [0.25, 0.3) is 11.8 Å². The zero-order valence-corrected chi connectivity index (χ0v) is 8.36. The van der Waals surface area contributed by atoms with Crippen molar-refractivity contribution >= 4 is 23.6 Å². The van der Waals surface area contributed by atoms with Gasteiger partial charge in [0, 0.05) is 12.2 Å². The number of hydrogen-bond donors (Lipinski definition) is 2. The second kappa shape index (κ2) is 6.88. The van der Waals surface area contributed by atoms with E-state index in [1.54, 1.807) is 0 Å². The van der Waals surface area contributed by atoms with Gasteiger partial charge in [0.2, 0.25) is 11.8 Å². The Hall–Kier alpha value is -2.50. The number of rotatable bonds is 4. The molecule has 0 saturated heterocycles. The van der Waals surface area contributed by atoms with Crippen LogP contribution in [0.25, 0.3) is 0 Å². The zero-order valence-electron chi connectivity index (χ0n) is 8.36. The molecule has 0 aromatic heterocycles. The Morgan fingerprint density at radius 3 is 1.25 bits per heavy atom. The molecule has 6 heteroatoms. The van der Waals surface area contributed by atoms with Crippen LogP contribution in [0.2, 0.25) is 0 Å². The summed E-state index contributed by atoms with van der Waals surface area (Å²) in [5, 5.41) is 3.77. The molecule has 4 amide bonds. The summed E-state index contributed by atoms with van der Waals surface area (Å²) in [5.41, 5.74) is 0. The first-order chi connectivity index (χ1) is 7.49. The fourth-order valence-corrected chi connectivity index (χ4v) is 0.580. The summed E-state index contributed by atoms with van der Waals surface area (Å²) in [5.74, 6) is -2.94. The van der Waals surface area contributed by atoms with E-state index in [1.807, 2.05) is 10.6 Å². The quantitative estimate of drug-likeness (QED) is 0.609. The average molecular weight is 222 g/mol. The molecule has 0 radical (unpaired) electrons. The van der Waals surface area contributed by atoms with Crippen LogP contribution in [-0.2, 0) is 19.2 Å². The molecule has 0 rings (SSSR count). The average Bonchev–Trinajstić information content (AvgIpc) is 2.26. The van der Waals surface area contributed by atoms with E-state index in [0.29, 0.717) is 0 Å². The Bertz CT molecular complexity index is 346. The van der Waals surface area contributed by atoms with Crippen molar-refractivity contribution in [2.75, 3.05) is 0 Å². The topological polar surface area (TPSA) is 92.3 Å². The molecule has 84 valence electrons. The maximum atomic E-state index is 10.9. The van der Waals surface area contributed by atoms with E-state index >= 15 is 0 Å². The van der Waals surface area contributed by atoms with E-state index in [0.717, 1.165) is 24.3 Å². The Kier molecular flexibility index (Phi) is 5.81. The van der Waals surface area contributed by atoms with Gasteiger partial charge in [0.05, 0.1) is 0 Å². The molecule has 0 unspecified atom stereocenters. The maximum Gasteiger partial charge on any atom is 0.250 e. The van der Waals surface area contributed by atoms with Gasteiger partial charge >= 0.3 is 0 Å². The third kappa shape index (κ3) is 6.03. The van der Waals surface area contributed by atoms with E-state index in [1.165, 1.54) is 0 Å². The minimum absolute atomic E-state index is 0.683. The highest BCUT2D eigenvalue weighted by Gasteiger charge is 2.02. The number of imide groups is 2. The number of amides is 4. The Morgan fingerprint density at radius 2 is 1.00 bits per heavy atom. The third-order valence-electron chi connectivity index (χ3n) is 1.25. The van der Waals surface area contributed by atoms with Crippen LogP contribution in [0.3, 0.4) is 0 Å². The highest BCUT2D eigenvalue weighted by molar-refractivity contribution is 6.09. The largest absolute Gasteiger partial charge is 0.289 e. The van der Waals surface area contributed by atoms with Gasteiger partial charge in [-0.25, -0.2) is 0 Å². The molecule has 6 nitrogen and oxygen atoms in total. The van der Waals surface area contributed by atoms with Gasteiger partial charge in [-0.15, -0.1) is 0 Å².